The van der Waals surface area contributed by atoms with Crippen LogP contribution >= 0.6 is 0 Å². The Labute approximate surface area is 153 Å². The Bertz CT molecular complexity index is 902. The van der Waals surface area contributed by atoms with Gasteiger partial charge in [-0.05, 0) is 35.2 Å². The molecule has 0 bridgehead atoms. The van der Waals surface area contributed by atoms with Crippen LogP contribution in [0.5, 0.6) is 0 Å². The van der Waals surface area contributed by atoms with Gasteiger partial charge in [-0.25, -0.2) is 18.0 Å². The number of carbonyl (C=O) groups excluding carboxylic acids is 1. The molecule has 5 nitrogen and oxygen atoms in total. The molecule has 0 saturated heterocycles. The fourth-order valence-corrected chi connectivity index (χ4v) is 2.80. The van der Waals surface area contributed by atoms with Gasteiger partial charge in [0.2, 0.25) is 0 Å². The predicted molar refractivity (Wildman–Crippen MR) is 94.7 cm³/mol. The third kappa shape index (κ3) is 4.40. The lowest BCUT2D eigenvalue weighted by molar-refractivity contribution is 0.216. The number of halogens is 3. The molecule has 1 heterocycles. The van der Waals surface area contributed by atoms with Crippen molar-refractivity contribution in [3.05, 3.63) is 71.2 Å². The summed E-state index contributed by atoms with van der Waals surface area (Å²) in [6, 6.07) is 9.56. The Morgan fingerprint density at radius 2 is 1.81 bits per heavy atom. The first-order valence-electron chi connectivity index (χ1n) is 8.34. The van der Waals surface area contributed by atoms with Crippen molar-refractivity contribution in [3.8, 4) is 0 Å². The van der Waals surface area contributed by atoms with E-state index in [-0.39, 0.29) is 5.56 Å². The second-order valence-corrected chi connectivity index (χ2v) is 6.07. The predicted octanol–water partition coefficient (Wildman–Crippen LogP) is 3.16. The number of aliphatic hydroxyl groups excluding tert-OH is 1. The number of para-hydroxylation sites is 1. The van der Waals surface area contributed by atoms with Crippen LogP contribution < -0.4 is 10.6 Å². The van der Waals surface area contributed by atoms with Gasteiger partial charge in [0, 0.05) is 24.2 Å². The van der Waals surface area contributed by atoms with E-state index in [1.165, 1.54) is 0 Å². The fraction of sp³-hybridized carbons (Fsp3) is 0.211. The van der Waals surface area contributed by atoms with Gasteiger partial charge in [-0.2, -0.15) is 0 Å². The van der Waals surface area contributed by atoms with Gasteiger partial charge in [0.05, 0.1) is 12.6 Å². The fourth-order valence-electron chi connectivity index (χ4n) is 2.80. The zero-order valence-electron chi connectivity index (χ0n) is 14.2. The SMILES string of the molecule is O=C(NCCc1cc2ccccc2[nH]1)NC(CO)c1cc(F)c(F)c(F)c1. The number of hydrogen-bond donors (Lipinski definition) is 4. The van der Waals surface area contributed by atoms with Crippen LogP contribution in [0.15, 0.2) is 42.5 Å². The maximum Gasteiger partial charge on any atom is 0.315 e. The minimum atomic E-state index is -1.60. The van der Waals surface area contributed by atoms with Crippen LogP contribution in [-0.2, 0) is 6.42 Å². The largest absolute Gasteiger partial charge is 0.394 e. The summed E-state index contributed by atoms with van der Waals surface area (Å²) in [5.41, 5.74) is 1.87. The lowest BCUT2D eigenvalue weighted by Gasteiger charge is -2.17. The first-order chi connectivity index (χ1) is 13.0. The third-order valence-electron chi connectivity index (χ3n) is 4.16. The monoisotopic (exact) mass is 377 g/mol. The summed E-state index contributed by atoms with van der Waals surface area (Å²) in [5, 5.41) is 15.5. The van der Waals surface area contributed by atoms with Gasteiger partial charge in [-0.15, -0.1) is 0 Å². The molecule has 1 atom stereocenters. The summed E-state index contributed by atoms with van der Waals surface area (Å²) >= 11 is 0. The van der Waals surface area contributed by atoms with Gasteiger partial charge in [0.1, 0.15) is 0 Å². The molecule has 1 unspecified atom stereocenters. The van der Waals surface area contributed by atoms with E-state index in [9.17, 15) is 23.1 Å². The van der Waals surface area contributed by atoms with Crippen LogP contribution in [0.2, 0.25) is 0 Å². The molecule has 0 aliphatic heterocycles. The number of urea groups is 1. The van der Waals surface area contributed by atoms with E-state index < -0.39 is 36.1 Å². The summed E-state index contributed by atoms with van der Waals surface area (Å²) < 4.78 is 39.7. The molecule has 2 amide bonds. The van der Waals surface area contributed by atoms with Crippen molar-refractivity contribution in [2.24, 2.45) is 0 Å². The van der Waals surface area contributed by atoms with Crippen LogP contribution in [-0.4, -0.2) is 29.3 Å². The highest BCUT2D eigenvalue weighted by molar-refractivity contribution is 5.80. The molecule has 0 spiro atoms. The summed E-state index contributed by atoms with van der Waals surface area (Å²) in [4.78, 5) is 15.2. The van der Waals surface area contributed by atoms with E-state index in [1.54, 1.807) is 0 Å². The van der Waals surface area contributed by atoms with E-state index in [2.05, 4.69) is 15.6 Å². The molecule has 0 radical (unpaired) electrons. The highest BCUT2D eigenvalue weighted by Crippen LogP contribution is 2.19. The maximum absolute atomic E-state index is 13.3. The van der Waals surface area contributed by atoms with Crippen LogP contribution in [0.3, 0.4) is 0 Å². The molecule has 3 aromatic rings. The van der Waals surface area contributed by atoms with Crippen molar-refractivity contribution in [2.45, 2.75) is 12.5 Å². The molecule has 0 saturated carbocycles. The number of aromatic nitrogens is 1. The van der Waals surface area contributed by atoms with Crippen molar-refractivity contribution in [1.82, 2.24) is 15.6 Å². The van der Waals surface area contributed by atoms with Gasteiger partial charge in [0.25, 0.3) is 0 Å². The number of hydrogen-bond acceptors (Lipinski definition) is 2. The first kappa shape index (κ1) is 18.8. The van der Waals surface area contributed by atoms with E-state index in [0.717, 1.165) is 28.7 Å². The zero-order chi connectivity index (χ0) is 19.4. The molecular formula is C19H18F3N3O2. The quantitative estimate of drug-likeness (QED) is 0.498. The molecule has 8 heteroatoms. The minimum absolute atomic E-state index is 0.0698. The van der Waals surface area contributed by atoms with Crippen LogP contribution in [0, 0.1) is 17.5 Å². The number of H-pyrrole nitrogens is 1. The van der Waals surface area contributed by atoms with Crippen molar-refractivity contribution in [1.29, 1.82) is 0 Å². The van der Waals surface area contributed by atoms with E-state index in [1.807, 2.05) is 30.3 Å². The Kier molecular flexibility index (Phi) is 5.66. The van der Waals surface area contributed by atoms with E-state index >= 15 is 0 Å². The summed E-state index contributed by atoms with van der Waals surface area (Å²) in [6.45, 7) is -0.289. The van der Waals surface area contributed by atoms with Crippen molar-refractivity contribution >= 4 is 16.9 Å². The number of nitrogens with one attached hydrogen (secondary N) is 3. The van der Waals surface area contributed by atoms with Crippen molar-refractivity contribution in [3.63, 3.8) is 0 Å². The van der Waals surface area contributed by atoms with Gasteiger partial charge in [0.15, 0.2) is 17.5 Å². The maximum atomic E-state index is 13.3. The van der Waals surface area contributed by atoms with E-state index in [0.29, 0.717) is 13.0 Å². The van der Waals surface area contributed by atoms with Crippen molar-refractivity contribution < 1.29 is 23.1 Å². The summed E-state index contributed by atoms with van der Waals surface area (Å²) in [5.74, 6) is -4.37. The van der Waals surface area contributed by atoms with Crippen LogP contribution in [0.1, 0.15) is 17.3 Å². The molecular weight excluding hydrogens is 359 g/mol. The highest BCUT2D eigenvalue weighted by Gasteiger charge is 2.18. The standard InChI is InChI=1S/C19H18F3N3O2/c20-14-8-12(9-15(21)18(14)22)17(10-26)25-19(27)23-6-5-13-7-11-3-1-2-4-16(11)24-13/h1-4,7-9,17,24,26H,5-6,10H2,(H2,23,25,27). The first-order valence-corrected chi connectivity index (χ1v) is 8.34. The number of fused-ring (bicyclic) bond motifs is 1. The highest BCUT2D eigenvalue weighted by atomic mass is 19.2. The molecule has 3 rings (SSSR count). The lowest BCUT2D eigenvalue weighted by atomic mass is 10.1. The van der Waals surface area contributed by atoms with Gasteiger partial charge in [-0.3, -0.25) is 0 Å². The number of benzene rings is 2. The second kappa shape index (κ2) is 8.13. The number of aliphatic hydroxyl groups is 1. The average molecular weight is 377 g/mol. The van der Waals surface area contributed by atoms with Gasteiger partial charge in [-0.1, -0.05) is 18.2 Å². The minimum Gasteiger partial charge on any atom is -0.394 e. The molecule has 1 aromatic heterocycles. The Hall–Kier alpha value is -3.00. The summed E-state index contributed by atoms with van der Waals surface area (Å²) in [6.07, 6.45) is 0.547. The van der Waals surface area contributed by atoms with Crippen molar-refractivity contribution in [2.75, 3.05) is 13.2 Å². The number of rotatable bonds is 6. The topological polar surface area (TPSA) is 77.2 Å². The molecule has 2 aromatic carbocycles. The lowest BCUT2D eigenvalue weighted by Crippen LogP contribution is -2.40. The second-order valence-electron chi connectivity index (χ2n) is 6.07. The summed E-state index contributed by atoms with van der Waals surface area (Å²) in [7, 11) is 0. The molecule has 0 aliphatic rings. The third-order valence-corrected chi connectivity index (χ3v) is 4.16. The Morgan fingerprint density at radius 3 is 2.48 bits per heavy atom. The van der Waals surface area contributed by atoms with E-state index in [4.69, 9.17) is 0 Å². The molecule has 0 fully saturated rings. The molecule has 0 aliphatic carbocycles. The Balaban J connectivity index is 1.55. The smallest absolute Gasteiger partial charge is 0.315 e. The Morgan fingerprint density at radius 1 is 1.11 bits per heavy atom. The molecule has 27 heavy (non-hydrogen) atoms. The van der Waals surface area contributed by atoms with Gasteiger partial charge >= 0.3 is 6.03 Å². The number of amides is 2. The zero-order valence-corrected chi connectivity index (χ0v) is 14.2. The normalized spacial score (nSPS) is 12.1. The average Bonchev–Trinajstić information content (AvgIpc) is 3.06. The van der Waals surface area contributed by atoms with Crippen LogP contribution in [0.25, 0.3) is 10.9 Å². The van der Waals surface area contributed by atoms with Crippen LogP contribution in [0.4, 0.5) is 18.0 Å². The molecule has 4 N–H and O–H groups in total. The van der Waals surface area contributed by atoms with Gasteiger partial charge < -0.3 is 20.7 Å². The molecule has 142 valence electrons. The number of aromatic amines is 1. The number of carbonyl (C=O) groups is 1.